The third kappa shape index (κ3) is 2.74. The predicted molar refractivity (Wildman–Crippen MR) is 105 cm³/mol. The molecule has 1 aliphatic heterocycles. The van der Waals surface area contributed by atoms with Crippen LogP contribution in [0.15, 0.2) is 73.1 Å². The first-order chi connectivity index (χ1) is 13.7. The molecule has 0 saturated carbocycles. The number of fused-ring (bicyclic) bond motifs is 1. The molecule has 6 heteroatoms. The van der Waals surface area contributed by atoms with Gasteiger partial charge in [-0.1, -0.05) is 30.3 Å². The Balaban J connectivity index is 1.54. The number of pyridine rings is 1. The van der Waals surface area contributed by atoms with Crippen LogP contribution in [0.5, 0.6) is 0 Å². The van der Waals surface area contributed by atoms with Crippen LogP contribution >= 0.6 is 0 Å². The summed E-state index contributed by atoms with van der Waals surface area (Å²) in [6, 6.07) is 18.1. The summed E-state index contributed by atoms with van der Waals surface area (Å²) in [6.45, 7) is 0. The van der Waals surface area contributed by atoms with Crippen molar-refractivity contribution in [2.45, 2.75) is 18.9 Å². The van der Waals surface area contributed by atoms with Crippen LogP contribution in [0, 0.1) is 5.82 Å². The maximum atomic E-state index is 13.2. The number of anilines is 1. The number of nitrogens with zero attached hydrogens (tertiary/aromatic N) is 4. The van der Waals surface area contributed by atoms with Crippen LogP contribution in [0.1, 0.15) is 24.4 Å². The first-order valence-corrected chi connectivity index (χ1v) is 9.17. The van der Waals surface area contributed by atoms with Crippen molar-refractivity contribution in [1.29, 1.82) is 0 Å². The van der Waals surface area contributed by atoms with Gasteiger partial charge in [0.2, 0.25) is 5.91 Å². The standard InChI is InChI=1S/C22H17FN4O/c23-17-6-8-18(9-7-17)27-20-14-24-21(12-16(20)13-25-27)26-19(10-11-22(26)28)15-4-2-1-3-5-15/h1-9,12-14,19H,10-11H2. The molecule has 3 heterocycles. The van der Waals surface area contributed by atoms with E-state index in [-0.39, 0.29) is 17.8 Å². The Morgan fingerprint density at radius 1 is 1.00 bits per heavy atom. The van der Waals surface area contributed by atoms with E-state index in [0.717, 1.165) is 28.6 Å². The molecule has 0 radical (unpaired) electrons. The zero-order valence-corrected chi connectivity index (χ0v) is 15.0. The van der Waals surface area contributed by atoms with Crippen molar-refractivity contribution in [3.8, 4) is 5.69 Å². The zero-order valence-electron chi connectivity index (χ0n) is 15.0. The maximum absolute atomic E-state index is 13.2. The predicted octanol–water partition coefficient (Wildman–Crippen LogP) is 4.43. The van der Waals surface area contributed by atoms with Crippen LogP contribution in [0.25, 0.3) is 16.6 Å². The molecule has 1 saturated heterocycles. The molecule has 2 aromatic heterocycles. The first-order valence-electron chi connectivity index (χ1n) is 9.17. The fourth-order valence-electron chi connectivity index (χ4n) is 3.80. The minimum Gasteiger partial charge on any atom is -0.289 e. The summed E-state index contributed by atoms with van der Waals surface area (Å²) >= 11 is 0. The van der Waals surface area contributed by atoms with E-state index < -0.39 is 0 Å². The Kier molecular flexibility index (Phi) is 3.90. The Hall–Kier alpha value is -3.54. The minimum atomic E-state index is -0.292. The van der Waals surface area contributed by atoms with Crippen LogP contribution in [0.2, 0.25) is 0 Å². The number of carbonyl (C=O) groups excluding carboxylic acids is 1. The number of carbonyl (C=O) groups is 1. The van der Waals surface area contributed by atoms with Crippen LogP contribution in [-0.2, 0) is 4.79 Å². The number of hydrogen-bond acceptors (Lipinski definition) is 3. The molecule has 1 aliphatic rings. The van der Waals surface area contributed by atoms with Gasteiger partial charge in [-0.3, -0.25) is 9.69 Å². The maximum Gasteiger partial charge on any atom is 0.228 e. The lowest BCUT2D eigenvalue weighted by Crippen LogP contribution is -2.28. The lowest BCUT2D eigenvalue weighted by molar-refractivity contribution is -0.117. The number of benzene rings is 2. The van der Waals surface area contributed by atoms with E-state index >= 15 is 0 Å². The first kappa shape index (κ1) is 16.6. The number of halogens is 1. The smallest absolute Gasteiger partial charge is 0.228 e. The van der Waals surface area contributed by atoms with Gasteiger partial charge in [0.1, 0.15) is 11.6 Å². The molecule has 1 amide bonds. The molecule has 5 nitrogen and oxygen atoms in total. The van der Waals surface area contributed by atoms with Gasteiger partial charge in [0.15, 0.2) is 0 Å². The zero-order chi connectivity index (χ0) is 19.1. The van der Waals surface area contributed by atoms with Crippen LogP contribution in [0.4, 0.5) is 10.2 Å². The third-order valence-corrected chi connectivity index (χ3v) is 5.15. The van der Waals surface area contributed by atoms with E-state index in [2.05, 4.69) is 10.1 Å². The molecule has 5 rings (SSSR count). The molecule has 1 unspecified atom stereocenters. The second-order valence-corrected chi connectivity index (χ2v) is 6.86. The molecule has 0 spiro atoms. The van der Waals surface area contributed by atoms with Crippen molar-refractivity contribution in [2.75, 3.05) is 4.90 Å². The average Bonchev–Trinajstić information content (AvgIpc) is 3.32. The summed E-state index contributed by atoms with van der Waals surface area (Å²) in [6.07, 6.45) is 4.74. The Labute approximate surface area is 161 Å². The van der Waals surface area contributed by atoms with Gasteiger partial charge in [0, 0.05) is 11.8 Å². The van der Waals surface area contributed by atoms with Crippen molar-refractivity contribution in [1.82, 2.24) is 14.8 Å². The second kappa shape index (κ2) is 6.56. The quantitative estimate of drug-likeness (QED) is 0.535. The highest BCUT2D eigenvalue weighted by atomic mass is 19.1. The molecule has 4 aromatic rings. The van der Waals surface area contributed by atoms with Crippen molar-refractivity contribution < 1.29 is 9.18 Å². The monoisotopic (exact) mass is 372 g/mol. The molecule has 2 aromatic carbocycles. The molecule has 0 N–H and O–H groups in total. The lowest BCUT2D eigenvalue weighted by Gasteiger charge is -2.24. The second-order valence-electron chi connectivity index (χ2n) is 6.86. The van der Waals surface area contributed by atoms with E-state index in [1.54, 1.807) is 34.1 Å². The third-order valence-electron chi connectivity index (χ3n) is 5.15. The van der Waals surface area contributed by atoms with Crippen LogP contribution < -0.4 is 4.90 Å². The van der Waals surface area contributed by atoms with Gasteiger partial charge in [0.05, 0.1) is 29.6 Å². The molecule has 1 atom stereocenters. The normalized spacial score (nSPS) is 16.8. The van der Waals surface area contributed by atoms with E-state index in [1.807, 2.05) is 36.4 Å². The fourth-order valence-corrected chi connectivity index (χ4v) is 3.80. The van der Waals surface area contributed by atoms with Gasteiger partial charge in [-0.15, -0.1) is 0 Å². The molecule has 138 valence electrons. The van der Waals surface area contributed by atoms with Crippen molar-refractivity contribution in [2.24, 2.45) is 0 Å². The minimum absolute atomic E-state index is 0.00852. The molecular weight excluding hydrogens is 355 g/mol. The number of aromatic nitrogens is 3. The average molecular weight is 372 g/mol. The number of hydrogen-bond donors (Lipinski definition) is 0. The van der Waals surface area contributed by atoms with E-state index in [1.165, 1.54) is 12.1 Å². The lowest BCUT2D eigenvalue weighted by atomic mass is 10.0. The molecule has 0 bridgehead atoms. The van der Waals surface area contributed by atoms with Gasteiger partial charge >= 0.3 is 0 Å². The van der Waals surface area contributed by atoms with E-state index in [4.69, 9.17) is 0 Å². The van der Waals surface area contributed by atoms with Crippen molar-refractivity contribution >= 4 is 22.6 Å². The van der Waals surface area contributed by atoms with Crippen LogP contribution in [-0.4, -0.2) is 20.7 Å². The van der Waals surface area contributed by atoms with E-state index in [0.29, 0.717) is 12.2 Å². The molecule has 0 aliphatic carbocycles. The molecule has 1 fully saturated rings. The summed E-state index contributed by atoms with van der Waals surface area (Å²) in [5.41, 5.74) is 2.67. The van der Waals surface area contributed by atoms with Crippen molar-refractivity contribution in [3.05, 3.63) is 84.4 Å². The summed E-state index contributed by atoms with van der Waals surface area (Å²) in [5, 5.41) is 5.29. The largest absolute Gasteiger partial charge is 0.289 e. The topological polar surface area (TPSA) is 51.0 Å². The van der Waals surface area contributed by atoms with Crippen molar-refractivity contribution in [3.63, 3.8) is 0 Å². The highest BCUT2D eigenvalue weighted by Gasteiger charge is 2.34. The number of rotatable bonds is 3. The SMILES string of the molecule is O=C1CCC(c2ccccc2)N1c1cc2cnn(-c3ccc(F)cc3)c2cn1. The highest BCUT2D eigenvalue weighted by Crippen LogP contribution is 2.36. The summed E-state index contributed by atoms with van der Waals surface area (Å²) < 4.78 is 14.9. The van der Waals surface area contributed by atoms with Gasteiger partial charge in [-0.2, -0.15) is 5.10 Å². The Morgan fingerprint density at radius 3 is 2.57 bits per heavy atom. The van der Waals surface area contributed by atoms with E-state index in [9.17, 15) is 9.18 Å². The van der Waals surface area contributed by atoms with Gasteiger partial charge in [-0.25, -0.2) is 14.1 Å². The number of amides is 1. The Morgan fingerprint density at radius 2 is 1.79 bits per heavy atom. The molecular formula is C22H17FN4O. The fraction of sp³-hybridized carbons (Fsp3) is 0.136. The van der Waals surface area contributed by atoms with Gasteiger partial charge < -0.3 is 0 Å². The highest BCUT2D eigenvalue weighted by molar-refractivity contribution is 5.97. The summed E-state index contributed by atoms with van der Waals surface area (Å²) in [5.74, 6) is 0.411. The summed E-state index contributed by atoms with van der Waals surface area (Å²) in [7, 11) is 0. The molecule has 28 heavy (non-hydrogen) atoms. The summed E-state index contributed by atoms with van der Waals surface area (Å²) in [4.78, 5) is 18.9. The Bertz CT molecular complexity index is 1150. The van der Waals surface area contributed by atoms with Gasteiger partial charge in [-0.05, 0) is 42.3 Å². The van der Waals surface area contributed by atoms with Gasteiger partial charge in [0.25, 0.3) is 0 Å². The van der Waals surface area contributed by atoms with Crippen LogP contribution in [0.3, 0.4) is 0 Å².